The highest BCUT2D eigenvalue weighted by Crippen LogP contribution is 2.33. The van der Waals surface area contributed by atoms with Crippen LogP contribution >= 0.6 is 22.7 Å². The summed E-state index contributed by atoms with van der Waals surface area (Å²) in [6.07, 6.45) is 0. The molecule has 0 saturated heterocycles. The van der Waals surface area contributed by atoms with Gasteiger partial charge in [0.05, 0.1) is 24.1 Å². The number of anilines is 1. The number of carbonyl (C=O) groups is 2. The number of ether oxygens (including phenoxy) is 1. The number of nitrogens with one attached hydrogen (secondary N) is 2. The SMILES string of the molecule is CCOC(=O)c1cc(C(C)C)sc1NC(=O)C[NH+](C)Cc1cccs1. The van der Waals surface area contributed by atoms with Crippen LogP contribution in [0.15, 0.2) is 23.6 Å². The molecule has 1 unspecified atom stereocenters. The van der Waals surface area contributed by atoms with Crippen molar-refractivity contribution in [1.29, 1.82) is 0 Å². The van der Waals surface area contributed by atoms with Crippen molar-refractivity contribution >= 4 is 39.6 Å². The lowest BCUT2D eigenvalue weighted by Gasteiger charge is -2.12. The maximum Gasteiger partial charge on any atom is 0.341 e. The Bertz CT molecular complexity index is 708. The summed E-state index contributed by atoms with van der Waals surface area (Å²) in [7, 11) is 1.99. The second kappa shape index (κ2) is 9.12. The summed E-state index contributed by atoms with van der Waals surface area (Å²) in [5.74, 6) is -0.201. The third kappa shape index (κ3) is 5.66. The molecule has 0 radical (unpaired) electrons. The molecule has 25 heavy (non-hydrogen) atoms. The van der Waals surface area contributed by atoms with Crippen molar-refractivity contribution in [2.24, 2.45) is 0 Å². The largest absolute Gasteiger partial charge is 0.462 e. The zero-order chi connectivity index (χ0) is 18.4. The van der Waals surface area contributed by atoms with Gasteiger partial charge in [0.25, 0.3) is 5.91 Å². The van der Waals surface area contributed by atoms with Gasteiger partial charge in [-0.2, -0.15) is 0 Å². The lowest BCUT2D eigenvalue weighted by Crippen LogP contribution is -3.08. The Morgan fingerprint density at radius 2 is 2.12 bits per heavy atom. The van der Waals surface area contributed by atoms with Gasteiger partial charge in [0.1, 0.15) is 11.5 Å². The van der Waals surface area contributed by atoms with E-state index < -0.39 is 0 Å². The zero-order valence-electron chi connectivity index (χ0n) is 15.0. The van der Waals surface area contributed by atoms with Gasteiger partial charge < -0.3 is 15.0 Å². The van der Waals surface area contributed by atoms with Gasteiger partial charge in [-0.15, -0.1) is 22.7 Å². The minimum Gasteiger partial charge on any atom is -0.462 e. The molecule has 1 amide bonds. The molecule has 1 atom stereocenters. The van der Waals surface area contributed by atoms with Crippen LogP contribution in [0.1, 0.15) is 46.8 Å². The number of thiophene rings is 2. The summed E-state index contributed by atoms with van der Waals surface area (Å²) in [4.78, 5) is 27.9. The van der Waals surface area contributed by atoms with Crippen LogP contribution in [0.25, 0.3) is 0 Å². The summed E-state index contributed by atoms with van der Waals surface area (Å²) in [5.41, 5.74) is 0.444. The van der Waals surface area contributed by atoms with E-state index in [1.165, 1.54) is 16.2 Å². The first kappa shape index (κ1) is 19.6. The smallest absolute Gasteiger partial charge is 0.341 e. The molecular formula is C18H25N2O3S2+. The number of esters is 1. The van der Waals surface area contributed by atoms with Crippen molar-refractivity contribution in [3.05, 3.63) is 38.9 Å². The van der Waals surface area contributed by atoms with Gasteiger partial charge in [-0.3, -0.25) is 4.79 Å². The summed E-state index contributed by atoms with van der Waals surface area (Å²) < 4.78 is 5.11. The van der Waals surface area contributed by atoms with Crippen LogP contribution in [0.2, 0.25) is 0 Å². The monoisotopic (exact) mass is 381 g/mol. The van der Waals surface area contributed by atoms with E-state index in [4.69, 9.17) is 4.74 Å². The first-order chi connectivity index (χ1) is 11.9. The number of carbonyl (C=O) groups excluding carboxylic acids is 2. The van der Waals surface area contributed by atoms with Crippen LogP contribution in [-0.2, 0) is 16.1 Å². The number of amides is 1. The Hall–Kier alpha value is -1.70. The Balaban J connectivity index is 2.04. The summed E-state index contributed by atoms with van der Waals surface area (Å²) >= 11 is 3.13. The minimum atomic E-state index is -0.389. The van der Waals surface area contributed by atoms with Gasteiger partial charge in [0.2, 0.25) is 0 Å². The van der Waals surface area contributed by atoms with Crippen LogP contribution in [0.3, 0.4) is 0 Å². The molecule has 0 aliphatic carbocycles. The van der Waals surface area contributed by atoms with Crippen LogP contribution in [0.5, 0.6) is 0 Å². The fraction of sp³-hybridized carbons (Fsp3) is 0.444. The maximum absolute atomic E-state index is 12.4. The zero-order valence-corrected chi connectivity index (χ0v) is 16.7. The second-order valence-corrected chi connectivity index (χ2v) is 8.32. The van der Waals surface area contributed by atoms with Crippen molar-refractivity contribution in [2.45, 2.75) is 33.2 Å². The van der Waals surface area contributed by atoms with E-state index in [2.05, 4.69) is 25.2 Å². The van der Waals surface area contributed by atoms with E-state index in [1.807, 2.05) is 24.6 Å². The first-order valence-corrected chi connectivity index (χ1v) is 10.0. The Kier molecular flexibility index (Phi) is 7.16. The van der Waals surface area contributed by atoms with Crippen molar-refractivity contribution in [2.75, 3.05) is 25.5 Å². The molecule has 7 heteroatoms. The molecule has 2 rings (SSSR count). The number of rotatable bonds is 8. The van der Waals surface area contributed by atoms with Crippen molar-refractivity contribution in [1.82, 2.24) is 0 Å². The molecular weight excluding hydrogens is 356 g/mol. The molecule has 0 bridgehead atoms. The van der Waals surface area contributed by atoms with Crippen LogP contribution in [-0.4, -0.2) is 32.1 Å². The van der Waals surface area contributed by atoms with Gasteiger partial charge in [0, 0.05) is 4.88 Å². The summed E-state index contributed by atoms with van der Waals surface area (Å²) in [6, 6.07) is 5.91. The molecule has 0 saturated carbocycles. The number of hydrogen-bond acceptors (Lipinski definition) is 5. The average Bonchev–Trinajstić information content (AvgIpc) is 3.16. The third-order valence-electron chi connectivity index (χ3n) is 3.59. The number of likely N-dealkylation sites (N-methyl/N-ethyl adjacent to an activating group) is 1. The summed E-state index contributed by atoms with van der Waals surface area (Å²) in [5, 5.41) is 5.51. The van der Waals surface area contributed by atoms with Gasteiger partial charge in [-0.1, -0.05) is 19.9 Å². The van der Waals surface area contributed by atoms with E-state index >= 15 is 0 Å². The highest BCUT2D eigenvalue weighted by molar-refractivity contribution is 7.16. The Labute approximate surface area is 156 Å². The molecule has 0 spiro atoms. The highest BCUT2D eigenvalue weighted by Gasteiger charge is 2.21. The van der Waals surface area contributed by atoms with Crippen molar-refractivity contribution in [3.63, 3.8) is 0 Å². The molecule has 2 N–H and O–H groups in total. The second-order valence-electron chi connectivity index (χ2n) is 6.20. The van der Waals surface area contributed by atoms with E-state index in [0.29, 0.717) is 23.7 Å². The molecule has 136 valence electrons. The Morgan fingerprint density at radius 3 is 2.72 bits per heavy atom. The van der Waals surface area contributed by atoms with E-state index in [9.17, 15) is 9.59 Å². The minimum absolute atomic E-state index is 0.100. The van der Waals surface area contributed by atoms with E-state index in [1.54, 1.807) is 18.3 Å². The normalized spacial score (nSPS) is 12.2. The van der Waals surface area contributed by atoms with Crippen LogP contribution in [0.4, 0.5) is 5.00 Å². The summed E-state index contributed by atoms with van der Waals surface area (Å²) in [6.45, 7) is 7.35. The van der Waals surface area contributed by atoms with Crippen LogP contribution in [0, 0.1) is 0 Å². The van der Waals surface area contributed by atoms with E-state index in [0.717, 1.165) is 16.3 Å². The molecule has 2 aromatic heterocycles. The predicted octanol–water partition coefficient (Wildman–Crippen LogP) is 2.76. The Morgan fingerprint density at radius 1 is 1.36 bits per heavy atom. The predicted molar refractivity (Wildman–Crippen MR) is 103 cm³/mol. The molecule has 5 nitrogen and oxygen atoms in total. The van der Waals surface area contributed by atoms with Crippen LogP contribution < -0.4 is 10.2 Å². The van der Waals surface area contributed by atoms with Gasteiger partial charge in [-0.25, -0.2) is 4.79 Å². The number of hydrogen-bond donors (Lipinski definition) is 2. The molecule has 2 heterocycles. The molecule has 2 aromatic rings. The van der Waals surface area contributed by atoms with Crippen molar-refractivity contribution in [3.8, 4) is 0 Å². The lowest BCUT2D eigenvalue weighted by atomic mass is 10.1. The van der Waals surface area contributed by atoms with Crippen molar-refractivity contribution < 1.29 is 19.2 Å². The van der Waals surface area contributed by atoms with Gasteiger partial charge in [-0.05, 0) is 30.4 Å². The maximum atomic E-state index is 12.4. The molecule has 0 aliphatic heterocycles. The molecule has 0 aromatic carbocycles. The fourth-order valence-corrected chi connectivity index (χ4v) is 4.25. The molecule has 0 fully saturated rings. The lowest BCUT2D eigenvalue weighted by molar-refractivity contribution is -0.884. The third-order valence-corrected chi connectivity index (χ3v) is 5.81. The number of quaternary nitrogens is 1. The van der Waals surface area contributed by atoms with E-state index in [-0.39, 0.29) is 17.8 Å². The topological polar surface area (TPSA) is 59.8 Å². The van der Waals surface area contributed by atoms with Gasteiger partial charge >= 0.3 is 5.97 Å². The fourth-order valence-electron chi connectivity index (χ4n) is 2.37. The quantitative estimate of drug-likeness (QED) is 0.691. The highest BCUT2D eigenvalue weighted by atomic mass is 32.1. The molecule has 0 aliphatic rings. The van der Waals surface area contributed by atoms with Gasteiger partial charge in [0.15, 0.2) is 6.54 Å². The first-order valence-electron chi connectivity index (χ1n) is 8.35. The average molecular weight is 382 g/mol. The standard InChI is InChI=1S/C18H24N2O3S2/c1-5-23-18(22)14-9-15(12(2)3)25-17(14)19-16(21)11-20(4)10-13-7-6-8-24-13/h6-9,12H,5,10-11H2,1-4H3,(H,19,21)/p+1.